The van der Waals surface area contributed by atoms with E-state index in [1.165, 1.54) is 18.2 Å². The number of benzene rings is 1. The van der Waals surface area contributed by atoms with Gasteiger partial charge in [0.15, 0.2) is 9.84 Å². The van der Waals surface area contributed by atoms with Crippen molar-refractivity contribution in [1.82, 2.24) is 5.32 Å². The molecule has 1 aromatic carbocycles. The Morgan fingerprint density at radius 2 is 2.00 bits per heavy atom. The fraction of sp³-hybridized carbons (Fsp3) is 0.364. The van der Waals surface area contributed by atoms with Crippen LogP contribution in [0.1, 0.15) is 10.4 Å². The van der Waals surface area contributed by atoms with Crippen LogP contribution in [0.5, 0.6) is 0 Å². The quantitative estimate of drug-likeness (QED) is 0.776. The highest BCUT2D eigenvalue weighted by molar-refractivity contribution is 7.91. The zero-order valence-corrected chi connectivity index (χ0v) is 10.2. The van der Waals surface area contributed by atoms with E-state index >= 15 is 0 Å². The molecule has 1 fully saturated rings. The normalized spacial score (nSPS) is 25.9. The molecule has 1 heterocycles. The maximum absolute atomic E-state index is 13.3. The van der Waals surface area contributed by atoms with Gasteiger partial charge in [-0.15, -0.1) is 0 Å². The van der Waals surface area contributed by atoms with E-state index in [1.807, 2.05) is 0 Å². The van der Waals surface area contributed by atoms with Crippen molar-refractivity contribution in [2.45, 2.75) is 12.1 Å². The monoisotopic (exact) mass is 273 g/mol. The van der Waals surface area contributed by atoms with Gasteiger partial charge in [0, 0.05) is 0 Å². The van der Waals surface area contributed by atoms with Crippen LogP contribution in [0.4, 0.5) is 4.39 Å². The lowest BCUT2D eigenvalue weighted by molar-refractivity contribution is 0.0885. The average Bonchev–Trinajstić information content (AvgIpc) is 2.52. The van der Waals surface area contributed by atoms with Crippen molar-refractivity contribution in [3.05, 3.63) is 35.6 Å². The molecule has 2 rings (SSSR count). The molecule has 1 amide bonds. The molecule has 0 radical (unpaired) electrons. The molecule has 0 spiro atoms. The summed E-state index contributed by atoms with van der Waals surface area (Å²) in [5, 5.41) is 11.8. The number of nitrogens with one attached hydrogen (secondary N) is 1. The van der Waals surface area contributed by atoms with Crippen LogP contribution in [0.3, 0.4) is 0 Å². The summed E-state index contributed by atoms with van der Waals surface area (Å²) in [5.41, 5.74) is -0.172. The van der Waals surface area contributed by atoms with Gasteiger partial charge in [0.05, 0.1) is 29.2 Å². The minimum absolute atomic E-state index is 0.172. The largest absolute Gasteiger partial charge is 0.390 e. The van der Waals surface area contributed by atoms with E-state index in [0.29, 0.717) is 0 Å². The van der Waals surface area contributed by atoms with Gasteiger partial charge >= 0.3 is 0 Å². The summed E-state index contributed by atoms with van der Waals surface area (Å²) in [5.74, 6) is -2.12. The molecule has 1 aromatic rings. The van der Waals surface area contributed by atoms with Gasteiger partial charge in [-0.3, -0.25) is 4.79 Å². The van der Waals surface area contributed by atoms with Crippen LogP contribution < -0.4 is 5.32 Å². The number of carbonyl (C=O) groups excluding carboxylic acids is 1. The zero-order chi connectivity index (χ0) is 13.3. The van der Waals surface area contributed by atoms with Gasteiger partial charge in [0.25, 0.3) is 5.91 Å². The molecule has 0 bridgehead atoms. The molecule has 2 N–H and O–H groups in total. The smallest absolute Gasteiger partial charge is 0.254 e. The number of carbonyl (C=O) groups is 1. The maximum Gasteiger partial charge on any atom is 0.254 e. The van der Waals surface area contributed by atoms with Gasteiger partial charge in [0.2, 0.25) is 0 Å². The third kappa shape index (κ3) is 2.68. The van der Waals surface area contributed by atoms with Crippen molar-refractivity contribution in [2.24, 2.45) is 0 Å². The topological polar surface area (TPSA) is 83.5 Å². The Kier molecular flexibility index (Phi) is 3.36. The number of hydrogen-bond acceptors (Lipinski definition) is 4. The Morgan fingerprint density at radius 1 is 1.33 bits per heavy atom. The van der Waals surface area contributed by atoms with E-state index in [9.17, 15) is 22.7 Å². The molecule has 1 aliphatic rings. The summed E-state index contributed by atoms with van der Waals surface area (Å²) in [6.45, 7) is 0. The van der Waals surface area contributed by atoms with Crippen LogP contribution in [0.15, 0.2) is 24.3 Å². The van der Waals surface area contributed by atoms with Crippen LogP contribution in [-0.4, -0.2) is 43.1 Å². The molecule has 18 heavy (non-hydrogen) atoms. The van der Waals surface area contributed by atoms with E-state index in [4.69, 9.17) is 0 Å². The third-order valence-electron chi connectivity index (χ3n) is 2.76. The summed E-state index contributed by atoms with van der Waals surface area (Å²) < 4.78 is 35.8. The first-order chi connectivity index (χ1) is 8.39. The first-order valence-electron chi connectivity index (χ1n) is 5.33. The van der Waals surface area contributed by atoms with Crippen LogP contribution >= 0.6 is 0 Å². The number of aliphatic hydroxyl groups excluding tert-OH is 1. The van der Waals surface area contributed by atoms with Gasteiger partial charge in [-0.25, -0.2) is 12.8 Å². The summed E-state index contributed by atoms with van der Waals surface area (Å²) in [6, 6.07) is 4.49. The molecular formula is C11H12FNO4S. The lowest BCUT2D eigenvalue weighted by Crippen LogP contribution is -2.42. The number of amides is 1. The SMILES string of the molecule is O=C(NC1CS(=O)(=O)CC1O)c1ccccc1F. The standard InChI is InChI=1S/C11H12FNO4S/c12-8-4-2-1-3-7(8)11(15)13-9-5-18(16,17)6-10(9)14/h1-4,9-10,14H,5-6H2,(H,13,15). The number of rotatable bonds is 2. The molecule has 0 aromatic heterocycles. The second-order valence-corrected chi connectivity index (χ2v) is 6.36. The fourth-order valence-electron chi connectivity index (χ4n) is 1.86. The van der Waals surface area contributed by atoms with E-state index in [2.05, 4.69) is 5.32 Å². The predicted molar refractivity (Wildman–Crippen MR) is 62.3 cm³/mol. The lowest BCUT2D eigenvalue weighted by Gasteiger charge is -2.14. The maximum atomic E-state index is 13.3. The number of hydrogen-bond donors (Lipinski definition) is 2. The van der Waals surface area contributed by atoms with Crippen molar-refractivity contribution in [3.63, 3.8) is 0 Å². The van der Waals surface area contributed by atoms with E-state index in [0.717, 1.165) is 6.07 Å². The van der Waals surface area contributed by atoms with Gasteiger partial charge < -0.3 is 10.4 Å². The van der Waals surface area contributed by atoms with Crippen LogP contribution in [0.2, 0.25) is 0 Å². The van der Waals surface area contributed by atoms with E-state index < -0.39 is 33.7 Å². The summed E-state index contributed by atoms with van der Waals surface area (Å²) >= 11 is 0. The molecule has 7 heteroatoms. The molecular weight excluding hydrogens is 261 g/mol. The first-order valence-corrected chi connectivity index (χ1v) is 7.15. The van der Waals surface area contributed by atoms with E-state index in [1.54, 1.807) is 0 Å². The number of aliphatic hydroxyl groups is 1. The summed E-state index contributed by atoms with van der Waals surface area (Å²) in [4.78, 5) is 11.7. The predicted octanol–water partition coefficient (Wildman–Crippen LogP) is -0.287. The number of halogens is 1. The lowest BCUT2D eigenvalue weighted by atomic mass is 10.1. The molecule has 1 aliphatic heterocycles. The van der Waals surface area contributed by atoms with Crippen LogP contribution in [0.25, 0.3) is 0 Å². The summed E-state index contributed by atoms with van der Waals surface area (Å²) in [7, 11) is -3.34. The molecule has 5 nitrogen and oxygen atoms in total. The number of sulfone groups is 1. The average molecular weight is 273 g/mol. The van der Waals surface area contributed by atoms with Crippen molar-refractivity contribution < 1.29 is 22.7 Å². The fourth-order valence-corrected chi connectivity index (χ4v) is 3.60. The molecule has 0 aliphatic carbocycles. The first kappa shape index (κ1) is 13.0. The second-order valence-electron chi connectivity index (χ2n) is 4.20. The molecule has 2 atom stereocenters. The van der Waals surface area contributed by atoms with Crippen LogP contribution in [-0.2, 0) is 9.84 Å². The van der Waals surface area contributed by atoms with Crippen LogP contribution in [0, 0.1) is 5.82 Å². The molecule has 98 valence electrons. The van der Waals surface area contributed by atoms with Gasteiger partial charge in [-0.2, -0.15) is 0 Å². The van der Waals surface area contributed by atoms with Crippen molar-refractivity contribution in [3.8, 4) is 0 Å². The van der Waals surface area contributed by atoms with E-state index in [-0.39, 0.29) is 17.1 Å². The molecule has 1 saturated heterocycles. The Labute approximate surface area is 104 Å². The Morgan fingerprint density at radius 3 is 2.56 bits per heavy atom. The second kappa shape index (κ2) is 4.66. The Bertz CT molecular complexity index is 572. The highest BCUT2D eigenvalue weighted by Gasteiger charge is 2.37. The zero-order valence-electron chi connectivity index (χ0n) is 9.34. The summed E-state index contributed by atoms with van der Waals surface area (Å²) in [6.07, 6.45) is -1.15. The van der Waals surface area contributed by atoms with Crippen molar-refractivity contribution >= 4 is 15.7 Å². The minimum atomic E-state index is -3.34. The van der Waals surface area contributed by atoms with Gasteiger partial charge in [-0.1, -0.05) is 12.1 Å². The Hall–Kier alpha value is -1.47. The highest BCUT2D eigenvalue weighted by atomic mass is 32.2. The molecule has 0 saturated carbocycles. The van der Waals surface area contributed by atoms with Gasteiger partial charge in [0.1, 0.15) is 5.82 Å². The van der Waals surface area contributed by atoms with Crippen molar-refractivity contribution in [1.29, 1.82) is 0 Å². The third-order valence-corrected chi connectivity index (χ3v) is 4.47. The highest BCUT2D eigenvalue weighted by Crippen LogP contribution is 2.14. The van der Waals surface area contributed by atoms with Crippen molar-refractivity contribution in [2.75, 3.05) is 11.5 Å². The minimum Gasteiger partial charge on any atom is -0.390 e. The van der Waals surface area contributed by atoms with Gasteiger partial charge in [-0.05, 0) is 12.1 Å². The Balaban J connectivity index is 2.12. The molecule has 2 unspecified atom stereocenters.